The van der Waals surface area contributed by atoms with Crippen molar-refractivity contribution in [2.45, 2.75) is 0 Å². The lowest BCUT2D eigenvalue weighted by Crippen LogP contribution is -2.08. The highest BCUT2D eigenvalue weighted by atomic mass is 16.5. The van der Waals surface area contributed by atoms with Gasteiger partial charge in [0.25, 0.3) is 0 Å². The van der Waals surface area contributed by atoms with Crippen molar-refractivity contribution >= 4 is 17.2 Å². The van der Waals surface area contributed by atoms with Crippen molar-refractivity contribution in [3.63, 3.8) is 0 Å². The molecule has 0 atom stereocenters. The predicted octanol–water partition coefficient (Wildman–Crippen LogP) is 2.10. The van der Waals surface area contributed by atoms with E-state index in [2.05, 4.69) is 0 Å². The second-order valence-corrected chi connectivity index (χ2v) is 4.24. The maximum absolute atomic E-state index is 12.4. The molecule has 20 heavy (non-hydrogen) atoms. The van der Waals surface area contributed by atoms with Crippen LogP contribution < -0.4 is 20.9 Å². The van der Waals surface area contributed by atoms with Crippen molar-refractivity contribution in [2.24, 2.45) is 0 Å². The lowest BCUT2D eigenvalue weighted by molar-refractivity contribution is 0.104. The number of carbonyl (C=O) groups is 1. The minimum absolute atomic E-state index is 0.231. The van der Waals surface area contributed by atoms with Gasteiger partial charge in [-0.25, -0.2) is 0 Å². The first-order valence-electron chi connectivity index (χ1n) is 5.98. The Morgan fingerprint density at radius 2 is 1.25 bits per heavy atom. The summed E-state index contributed by atoms with van der Waals surface area (Å²) in [6.45, 7) is 0. The number of hydrogen-bond donors (Lipinski definition) is 2. The molecule has 0 aliphatic rings. The van der Waals surface area contributed by atoms with Gasteiger partial charge in [-0.2, -0.15) is 0 Å². The molecule has 0 radical (unpaired) electrons. The van der Waals surface area contributed by atoms with Gasteiger partial charge in [-0.05, 0) is 24.3 Å². The second-order valence-electron chi connectivity index (χ2n) is 4.24. The van der Waals surface area contributed by atoms with Gasteiger partial charge in [0.15, 0.2) is 5.78 Å². The van der Waals surface area contributed by atoms with Crippen molar-refractivity contribution in [3.05, 3.63) is 47.5 Å². The van der Waals surface area contributed by atoms with Crippen LogP contribution in [0.4, 0.5) is 11.4 Å². The number of nitrogens with two attached hydrogens (primary N) is 2. The monoisotopic (exact) mass is 272 g/mol. The topological polar surface area (TPSA) is 87.6 Å². The van der Waals surface area contributed by atoms with E-state index in [9.17, 15) is 4.79 Å². The van der Waals surface area contributed by atoms with Gasteiger partial charge >= 0.3 is 0 Å². The molecule has 0 heterocycles. The molecule has 0 amide bonds. The summed E-state index contributed by atoms with van der Waals surface area (Å²) >= 11 is 0. The Labute approximate surface area is 117 Å². The van der Waals surface area contributed by atoms with E-state index in [1.807, 2.05) is 0 Å². The SMILES string of the molecule is COc1ccc(C(=O)c2ccc(OC)cc2N)c(N)c1. The summed E-state index contributed by atoms with van der Waals surface area (Å²) in [7, 11) is 3.08. The Balaban J connectivity index is 2.41. The Morgan fingerprint density at radius 1 is 0.850 bits per heavy atom. The maximum Gasteiger partial charge on any atom is 0.197 e. The molecule has 4 N–H and O–H groups in total. The summed E-state index contributed by atoms with van der Waals surface area (Å²) in [6, 6.07) is 9.83. The summed E-state index contributed by atoms with van der Waals surface area (Å²) in [4.78, 5) is 12.4. The molecule has 2 aromatic carbocycles. The zero-order valence-corrected chi connectivity index (χ0v) is 11.3. The number of ether oxygens (including phenoxy) is 2. The maximum atomic E-state index is 12.4. The van der Waals surface area contributed by atoms with Crippen LogP contribution in [0, 0.1) is 0 Å². The van der Waals surface area contributed by atoms with Crippen LogP contribution in [0.3, 0.4) is 0 Å². The minimum atomic E-state index is -0.231. The first kappa shape index (κ1) is 13.7. The van der Waals surface area contributed by atoms with E-state index in [0.29, 0.717) is 34.0 Å². The van der Waals surface area contributed by atoms with Crippen LogP contribution in [0.2, 0.25) is 0 Å². The molecule has 0 saturated carbocycles. The molecular weight excluding hydrogens is 256 g/mol. The van der Waals surface area contributed by atoms with E-state index >= 15 is 0 Å². The molecule has 2 rings (SSSR count). The Bertz CT molecular complexity index is 598. The van der Waals surface area contributed by atoms with Crippen LogP contribution in [0.15, 0.2) is 36.4 Å². The van der Waals surface area contributed by atoms with Crippen molar-refractivity contribution in [1.82, 2.24) is 0 Å². The molecular formula is C15H16N2O3. The summed E-state index contributed by atoms with van der Waals surface area (Å²) in [5.74, 6) is 0.966. The van der Waals surface area contributed by atoms with Gasteiger partial charge in [0.1, 0.15) is 11.5 Å². The molecule has 0 bridgehead atoms. The smallest absolute Gasteiger partial charge is 0.197 e. The number of anilines is 2. The fourth-order valence-electron chi connectivity index (χ4n) is 1.89. The molecule has 2 aromatic rings. The summed E-state index contributed by atoms with van der Waals surface area (Å²) in [5.41, 5.74) is 13.2. The van der Waals surface area contributed by atoms with E-state index in [1.54, 1.807) is 36.4 Å². The van der Waals surface area contributed by atoms with E-state index in [0.717, 1.165) is 0 Å². The van der Waals surface area contributed by atoms with E-state index in [4.69, 9.17) is 20.9 Å². The minimum Gasteiger partial charge on any atom is -0.497 e. The Kier molecular flexibility index (Phi) is 3.79. The van der Waals surface area contributed by atoms with Crippen LogP contribution >= 0.6 is 0 Å². The first-order valence-corrected chi connectivity index (χ1v) is 5.98. The van der Waals surface area contributed by atoms with E-state index < -0.39 is 0 Å². The molecule has 5 heteroatoms. The highest BCUT2D eigenvalue weighted by Crippen LogP contribution is 2.26. The molecule has 0 spiro atoms. The lowest BCUT2D eigenvalue weighted by atomic mass is 10.00. The Hall–Kier alpha value is -2.69. The number of rotatable bonds is 4. The Morgan fingerprint density at radius 3 is 1.55 bits per heavy atom. The van der Waals surface area contributed by atoms with Gasteiger partial charge in [0, 0.05) is 34.6 Å². The number of nitrogen functional groups attached to an aromatic ring is 2. The van der Waals surface area contributed by atoms with Crippen LogP contribution in [0.5, 0.6) is 11.5 Å². The van der Waals surface area contributed by atoms with Gasteiger partial charge in [0.05, 0.1) is 14.2 Å². The van der Waals surface area contributed by atoms with Crippen molar-refractivity contribution in [2.75, 3.05) is 25.7 Å². The zero-order valence-electron chi connectivity index (χ0n) is 11.3. The fraction of sp³-hybridized carbons (Fsp3) is 0.133. The molecule has 0 aliphatic heterocycles. The van der Waals surface area contributed by atoms with Gasteiger partial charge in [-0.1, -0.05) is 0 Å². The number of carbonyl (C=O) groups excluding carboxylic acids is 1. The predicted molar refractivity (Wildman–Crippen MR) is 78.2 cm³/mol. The molecule has 5 nitrogen and oxygen atoms in total. The highest BCUT2D eigenvalue weighted by Gasteiger charge is 2.16. The molecule has 0 saturated heterocycles. The molecule has 0 unspecified atom stereocenters. The number of hydrogen-bond acceptors (Lipinski definition) is 5. The third-order valence-corrected chi connectivity index (χ3v) is 3.01. The average molecular weight is 272 g/mol. The average Bonchev–Trinajstić information content (AvgIpc) is 2.46. The van der Waals surface area contributed by atoms with E-state index in [-0.39, 0.29) is 5.78 Å². The summed E-state index contributed by atoms with van der Waals surface area (Å²) in [6.07, 6.45) is 0. The standard InChI is InChI=1S/C15H16N2O3/c1-19-9-3-5-11(13(16)7-9)15(18)12-6-4-10(20-2)8-14(12)17/h3-8H,16-17H2,1-2H3. The fourth-order valence-corrected chi connectivity index (χ4v) is 1.89. The molecule has 0 fully saturated rings. The number of methoxy groups -OCH3 is 2. The van der Waals surface area contributed by atoms with Crippen LogP contribution in [0.25, 0.3) is 0 Å². The molecule has 0 aliphatic carbocycles. The van der Waals surface area contributed by atoms with Gasteiger partial charge in [-0.15, -0.1) is 0 Å². The zero-order chi connectivity index (χ0) is 14.7. The third-order valence-electron chi connectivity index (χ3n) is 3.01. The second kappa shape index (κ2) is 5.52. The van der Waals surface area contributed by atoms with E-state index in [1.165, 1.54) is 14.2 Å². The van der Waals surface area contributed by atoms with Gasteiger partial charge in [-0.3, -0.25) is 4.79 Å². The lowest BCUT2D eigenvalue weighted by Gasteiger charge is -2.10. The normalized spacial score (nSPS) is 10.1. The summed E-state index contributed by atoms with van der Waals surface area (Å²) in [5, 5.41) is 0. The quantitative estimate of drug-likeness (QED) is 0.657. The molecule has 0 aromatic heterocycles. The molecule has 104 valence electrons. The van der Waals surface area contributed by atoms with Crippen molar-refractivity contribution in [1.29, 1.82) is 0 Å². The summed E-state index contributed by atoms with van der Waals surface area (Å²) < 4.78 is 10.1. The van der Waals surface area contributed by atoms with Crippen molar-refractivity contribution in [3.8, 4) is 11.5 Å². The van der Waals surface area contributed by atoms with Crippen molar-refractivity contribution < 1.29 is 14.3 Å². The van der Waals surface area contributed by atoms with Crippen LogP contribution in [0.1, 0.15) is 15.9 Å². The third kappa shape index (κ3) is 2.51. The van der Waals surface area contributed by atoms with Gasteiger partial charge < -0.3 is 20.9 Å². The number of benzene rings is 2. The number of ketones is 1. The largest absolute Gasteiger partial charge is 0.497 e. The highest BCUT2D eigenvalue weighted by molar-refractivity contribution is 6.14. The van der Waals surface area contributed by atoms with Crippen LogP contribution in [-0.2, 0) is 0 Å². The van der Waals surface area contributed by atoms with Crippen LogP contribution in [-0.4, -0.2) is 20.0 Å². The first-order chi connectivity index (χ1) is 9.56. The van der Waals surface area contributed by atoms with Gasteiger partial charge in [0.2, 0.25) is 0 Å².